The van der Waals surface area contributed by atoms with Gasteiger partial charge in [0, 0.05) is 38.1 Å². The highest BCUT2D eigenvalue weighted by molar-refractivity contribution is 5.93. The maximum atomic E-state index is 12.9. The van der Waals surface area contributed by atoms with Crippen LogP contribution in [0.25, 0.3) is 0 Å². The molecule has 1 atom stereocenters. The van der Waals surface area contributed by atoms with Crippen molar-refractivity contribution < 1.29 is 19.4 Å². The number of carboxylic acid groups (broad SMARTS) is 1. The number of aryl methyl sites for hydroxylation is 3. The van der Waals surface area contributed by atoms with Gasteiger partial charge in [0.25, 0.3) is 0 Å². The van der Waals surface area contributed by atoms with Gasteiger partial charge in [-0.25, -0.2) is 9.78 Å². The lowest BCUT2D eigenvalue weighted by molar-refractivity contribution is -0.142. The number of ether oxygens (including phenoxy) is 1. The molecule has 1 fully saturated rings. The van der Waals surface area contributed by atoms with Gasteiger partial charge in [0.05, 0.1) is 11.1 Å². The van der Waals surface area contributed by atoms with Crippen molar-refractivity contribution in [2.45, 2.75) is 69.7 Å². The van der Waals surface area contributed by atoms with Crippen molar-refractivity contribution in [3.63, 3.8) is 0 Å². The first-order valence-electron chi connectivity index (χ1n) is 12.3. The number of aliphatic carboxylic acids is 1. The maximum Gasteiger partial charge on any atom is 0.326 e. The van der Waals surface area contributed by atoms with Crippen LogP contribution in [0.15, 0.2) is 30.5 Å². The number of rotatable bonds is 12. The molecule has 3 heterocycles. The Balaban J connectivity index is 1.16. The summed E-state index contributed by atoms with van der Waals surface area (Å²) in [6.45, 7) is 3.75. The summed E-state index contributed by atoms with van der Waals surface area (Å²) in [7, 11) is 0. The Bertz CT molecular complexity index is 1020. The molecule has 4 rings (SSSR count). The number of nitrogens with zero attached hydrogens (tertiary/aromatic N) is 2. The zero-order chi connectivity index (χ0) is 24.0. The van der Waals surface area contributed by atoms with E-state index in [1.54, 1.807) is 6.20 Å². The fraction of sp³-hybridized carbons (Fsp3) is 0.538. The van der Waals surface area contributed by atoms with E-state index in [-0.39, 0.29) is 18.9 Å². The maximum absolute atomic E-state index is 12.9. The van der Waals surface area contributed by atoms with Gasteiger partial charge in [0.2, 0.25) is 5.91 Å². The number of carbonyl (C=O) groups excluding carboxylic acids is 1. The summed E-state index contributed by atoms with van der Waals surface area (Å²) in [6, 6.07) is 7.07. The van der Waals surface area contributed by atoms with Crippen LogP contribution in [0.5, 0.6) is 0 Å². The summed E-state index contributed by atoms with van der Waals surface area (Å²) in [4.78, 5) is 33.7. The SMILES string of the molecule is Cc1cccnc1C1(C(=O)N[C@@H](CCOCCCCc2ccc3c(n2)NCCC3)C(=O)O)CC1. The molecule has 1 amide bonds. The van der Waals surface area contributed by atoms with Gasteiger partial charge >= 0.3 is 5.97 Å². The third-order valence-corrected chi connectivity index (χ3v) is 6.73. The molecule has 0 saturated heterocycles. The predicted octanol–water partition coefficient (Wildman–Crippen LogP) is 3.17. The van der Waals surface area contributed by atoms with Gasteiger partial charge in [0.1, 0.15) is 11.9 Å². The lowest BCUT2D eigenvalue weighted by Gasteiger charge is -2.20. The Morgan fingerprint density at radius 2 is 2.09 bits per heavy atom. The zero-order valence-corrected chi connectivity index (χ0v) is 19.8. The van der Waals surface area contributed by atoms with E-state index in [0.717, 1.165) is 61.4 Å². The Morgan fingerprint density at radius 3 is 2.85 bits per heavy atom. The summed E-state index contributed by atoms with van der Waals surface area (Å²) >= 11 is 0. The molecule has 3 N–H and O–H groups in total. The lowest BCUT2D eigenvalue weighted by atomic mass is 9.96. The molecule has 8 nitrogen and oxygen atoms in total. The van der Waals surface area contributed by atoms with Crippen molar-refractivity contribution in [3.8, 4) is 0 Å². The molecule has 0 unspecified atom stereocenters. The summed E-state index contributed by atoms with van der Waals surface area (Å²) in [6.07, 6.45) is 8.25. The summed E-state index contributed by atoms with van der Waals surface area (Å²) in [5.74, 6) is -0.278. The highest BCUT2D eigenvalue weighted by Gasteiger charge is 2.53. The second kappa shape index (κ2) is 11.0. The van der Waals surface area contributed by atoms with E-state index in [9.17, 15) is 14.7 Å². The van der Waals surface area contributed by atoms with Crippen molar-refractivity contribution in [2.75, 3.05) is 25.1 Å². The molecule has 8 heteroatoms. The van der Waals surface area contributed by atoms with Crippen LogP contribution >= 0.6 is 0 Å². The van der Waals surface area contributed by atoms with E-state index >= 15 is 0 Å². The van der Waals surface area contributed by atoms with Gasteiger partial charge in [0.15, 0.2) is 0 Å². The number of carbonyl (C=O) groups is 2. The number of nitrogens with one attached hydrogen (secondary N) is 2. The van der Waals surface area contributed by atoms with Gasteiger partial charge < -0.3 is 20.5 Å². The largest absolute Gasteiger partial charge is 0.480 e. The van der Waals surface area contributed by atoms with E-state index in [4.69, 9.17) is 9.72 Å². The van der Waals surface area contributed by atoms with Crippen molar-refractivity contribution in [1.82, 2.24) is 15.3 Å². The summed E-state index contributed by atoms with van der Waals surface area (Å²) in [5.41, 5.74) is 3.38. The van der Waals surface area contributed by atoms with Crippen LogP contribution in [-0.2, 0) is 32.6 Å². The standard InChI is InChI=1S/C26H34N4O4/c1-18-6-4-14-27-22(18)26(12-13-26)25(33)30-21(24(31)32)11-17-34-16-3-2-8-20-10-9-19-7-5-15-28-23(19)29-20/h4,6,9-10,14,21H,2-3,5,7-8,11-13,15-17H2,1H3,(H,28,29)(H,30,33)(H,31,32)/t21-/m0/s1. The molecule has 2 aromatic heterocycles. The van der Waals surface area contributed by atoms with Crippen LogP contribution in [0.2, 0.25) is 0 Å². The van der Waals surface area contributed by atoms with E-state index in [1.165, 1.54) is 5.56 Å². The molecule has 34 heavy (non-hydrogen) atoms. The first kappa shape index (κ1) is 24.1. The first-order valence-corrected chi connectivity index (χ1v) is 12.3. The van der Waals surface area contributed by atoms with Gasteiger partial charge in [-0.2, -0.15) is 0 Å². The predicted molar refractivity (Wildman–Crippen MR) is 129 cm³/mol. The van der Waals surface area contributed by atoms with Crippen molar-refractivity contribution >= 4 is 17.7 Å². The zero-order valence-electron chi connectivity index (χ0n) is 19.8. The van der Waals surface area contributed by atoms with Crippen LogP contribution < -0.4 is 10.6 Å². The lowest BCUT2D eigenvalue weighted by Crippen LogP contribution is -2.46. The highest BCUT2D eigenvalue weighted by Crippen LogP contribution is 2.48. The van der Waals surface area contributed by atoms with E-state index in [0.29, 0.717) is 19.4 Å². The smallest absolute Gasteiger partial charge is 0.326 e. The highest BCUT2D eigenvalue weighted by atomic mass is 16.5. The Hall–Kier alpha value is -3.00. The minimum atomic E-state index is -1.04. The second-order valence-corrected chi connectivity index (χ2v) is 9.31. The molecule has 1 aliphatic carbocycles. The minimum absolute atomic E-state index is 0.233. The average Bonchev–Trinajstić information content (AvgIpc) is 3.64. The number of fused-ring (bicyclic) bond motifs is 1. The number of unbranched alkanes of at least 4 members (excludes halogenated alkanes) is 1. The molecule has 0 radical (unpaired) electrons. The van der Waals surface area contributed by atoms with E-state index in [1.807, 2.05) is 19.1 Å². The van der Waals surface area contributed by atoms with E-state index < -0.39 is 17.4 Å². The van der Waals surface area contributed by atoms with Crippen LogP contribution in [-0.4, -0.2) is 52.8 Å². The summed E-state index contributed by atoms with van der Waals surface area (Å²) in [5, 5.41) is 15.7. The van der Waals surface area contributed by atoms with Crippen LogP contribution in [0, 0.1) is 6.92 Å². The number of anilines is 1. The number of hydrogen-bond donors (Lipinski definition) is 3. The first-order chi connectivity index (χ1) is 16.5. The van der Waals surface area contributed by atoms with Gasteiger partial charge in [-0.15, -0.1) is 0 Å². The van der Waals surface area contributed by atoms with Gasteiger partial charge in [-0.05, 0) is 75.1 Å². The van der Waals surface area contributed by atoms with Crippen molar-refractivity contribution in [2.24, 2.45) is 0 Å². The molecule has 1 saturated carbocycles. The minimum Gasteiger partial charge on any atom is -0.480 e. The number of carboxylic acids is 1. The molecule has 2 aromatic rings. The number of hydrogen-bond acceptors (Lipinski definition) is 6. The number of aromatic nitrogens is 2. The quantitative estimate of drug-likeness (QED) is 0.412. The summed E-state index contributed by atoms with van der Waals surface area (Å²) < 4.78 is 5.67. The van der Waals surface area contributed by atoms with Crippen molar-refractivity contribution in [1.29, 1.82) is 0 Å². The number of amides is 1. The number of pyridine rings is 2. The molecule has 182 valence electrons. The molecule has 2 aliphatic rings. The van der Waals surface area contributed by atoms with Crippen LogP contribution in [0.3, 0.4) is 0 Å². The van der Waals surface area contributed by atoms with E-state index in [2.05, 4.69) is 27.8 Å². The second-order valence-electron chi connectivity index (χ2n) is 9.31. The van der Waals surface area contributed by atoms with Crippen molar-refractivity contribution in [3.05, 3.63) is 53.0 Å². The Kier molecular flexibility index (Phi) is 7.77. The third kappa shape index (κ3) is 5.73. The molecule has 1 aliphatic heterocycles. The third-order valence-electron chi connectivity index (χ3n) is 6.73. The molecular formula is C26H34N4O4. The van der Waals surface area contributed by atoms with Crippen LogP contribution in [0.4, 0.5) is 5.82 Å². The fourth-order valence-electron chi connectivity index (χ4n) is 4.56. The topological polar surface area (TPSA) is 113 Å². The monoisotopic (exact) mass is 466 g/mol. The molecule has 0 spiro atoms. The normalized spacial score (nSPS) is 16.7. The molecular weight excluding hydrogens is 432 g/mol. The molecule has 0 aromatic carbocycles. The van der Waals surface area contributed by atoms with Gasteiger partial charge in [-0.1, -0.05) is 12.1 Å². The Labute approximate surface area is 200 Å². The fourth-order valence-corrected chi connectivity index (χ4v) is 4.56. The van der Waals surface area contributed by atoms with Crippen LogP contribution in [0.1, 0.15) is 61.0 Å². The Morgan fingerprint density at radius 1 is 1.24 bits per heavy atom. The average molecular weight is 467 g/mol. The van der Waals surface area contributed by atoms with Gasteiger partial charge in [-0.3, -0.25) is 9.78 Å². The molecule has 0 bridgehead atoms.